The second-order valence-electron chi connectivity index (χ2n) is 11.3. The van der Waals surface area contributed by atoms with Gasteiger partial charge in [0, 0.05) is 18.3 Å². The fourth-order valence-electron chi connectivity index (χ4n) is 8.14. The van der Waals surface area contributed by atoms with E-state index >= 15 is 0 Å². The molecule has 4 heteroatoms. The van der Waals surface area contributed by atoms with Crippen molar-refractivity contribution in [2.45, 2.75) is 110 Å². The first kappa shape index (κ1) is 22.7. The molecule has 4 aliphatic carbocycles. The quantitative estimate of drug-likeness (QED) is 0.386. The summed E-state index contributed by atoms with van der Waals surface area (Å²) in [5.74, 6) is 1.66. The van der Waals surface area contributed by atoms with Crippen molar-refractivity contribution in [1.29, 1.82) is 0 Å². The zero-order valence-electron chi connectivity index (χ0n) is 19.9. The second-order valence-corrected chi connectivity index (χ2v) is 11.3. The van der Waals surface area contributed by atoms with Crippen LogP contribution in [0.15, 0.2) is 11.6 Å². The topological polar surface area (TPSA) is 60.4 Å². The number of fused-ring (bicyclic) bond motifs is 5. The Bertz CT molecular complexity index is 797. The molecule has 0 bridgehead atoms. The highest BCUT2D eigenvalue weighted by atomic mass is 16.6. The number of hydrogen-bond acceptors (Lipinski definition) is 4. The first-order valence-corrected chi connectivity index (χ1v) is 12.6. The molecule has 0 radical (unpaired) electrons. The van der Waals surface area contributed by atoms with Crippen LogP contribution in [0.1, 0.15) is 105 Å². The van der Waals surface area contributed by atoms with Crippen molar-refractivity contribution in [3.8, 4) is 0 Å². The second kappa shape index (κ2) is 8.15. The van der Waals surface area contributed by atoms with E-state index in [1.165, 1.54) is 5.57 Å². The standard InChI is InChI=1S/C27H40O4/c1-5-6-7-8-24(30)31-27(18(2)28)16-13-23-21-10-9-19-17-20(29)11-14-25(19,3)22(21)12-15-26(23,27)4/h17,21-23H,5-16H2,1-4H3/t21?,22-,23-,25-,26-,27-/m1/s1. The highest BCUT2D eigenvalue weighted by molar-refractivity contribution is 5.91. The summed E-state index contributed by atoms with van der Waals surface area (Å²) in [7, 11) is 0. The lowest BCUT2D eigenvalue weighted by molar-refractivity contribution is -0.189. The number of carbonyl (C=O) groups is 3. The molecule has 0 N–H and O–H groups in total. The number of ether oxygens (including phenoxy) is 1. The van der Waals surface area contributed by atoms with Crippen LogP contribution in [0.3, 0.4) is 0 Å². The summed E-state index contributed by atoms with van der Waals surface area (Å²) in [5, 5.41) is 0. The molecule has 31 heavy (non-hydrogen) atoms. The van der Waals surface area contributed by atoms with Crippen molar-refractivity contribution in [1.82, 2.24) is 0 Å². The van der Waals surface area contributed by atoms with E-state index in [0.29, 0.717) is 37.0 Å². The molecule has 0 amide bonds. The van der Waals surface area contributed by atoms with Gasteiger partial charge in [0.2, 0.25) is 0 Å². The zero-order chi connectivity index (χ0) is 22.4. The Morgan fingerprint density at radius 2 is 1.77 bits per heavy atom. The minimum absolute atomic E-state index is 0.0330. The fourth-order valence-corrected chi connectivity index (χ4v) is 8.14. The smallest absolute Gasteiger partial charge is 0.306 e. The van der Waals surface area contributed by atoms with E-state index in [9.17, 15) is 14.4 Å². The highest BCUT2D eigenvalue weighted by Crippen LogP contribution is 2.68. The van der Waals surface area contributed by atoms with Crippen molar-refractivity contribution >= 4 is 17.5 Å². The largest absolute Gasteiger partial charge is 0.450 e. The molecule has 3 fully saturated rings. The van der Waals surface area contributed by atoms with Crippen molar-refractivity contribution in [2.24, 2.45) is 28.6 Å². The minimum atomic E-state index is -0.953. The van der Waals surface area contributed by atoms with Crippen LogP contribution in [0.5, 0.6) is 0 Å². The normalized spacial score (nSPS) is 41.6. The molecule has 0 aromatic rings. The van der Waals surface area contributed by atoms with Gasteiger partial charge in [-0.2, -0.15) is 0 Å². The number of esters is 1. The van der Waals surface area contributed by atoms with E-state index in [1.807, 2.05) is 6.08 Å². The molecular weight excluding hydrogens is 388 g/mol. The molecule has 0 spiro atoms. The van der Waals surface area contributed by atoms with E-state index < -0.39 is 5.60 Å². The van der Waals surface area contributed by atoms with Crippen molar-refractivity contribution in [2.75, 3.05) is 0 Å². The monoisotopic (exact) mass is 428 g/mol. The van der Waals surface area contributed by atoms with Gasteiger partial charge in [-0.1, -0.05) is 39.2 Å². The predicted molar refractivity (Wildman–Crippen MR) is 120 cm³/mol. The Hall–Kier alpha value is -1.45. The Kier molecular flexibility index (Phi) is 5.98. The maximum Gasteiger partial charge on any atom is 0.306 e. The van der Waals surface area contributed by atoms with E-state index in [-0.39, 0.29) is 28.4 Å². The number of hydrogen-bond donors (Lipinski definition) is 0. The number of carbonyl (C=O) groups excluding carboxylic acids is 3. The number of rotatable bonds is 6. The van der Waals surface area contributed by atoms with Crippen molar-refractivity contribution in [3.63, 3.8) is 0 Å². The van der Waals surface area contributed by atoms with Crippen molar-refractivity contribution < 1.29 is 19.1 Å². The molecular formula is C27H40O4. The van der Waals surface area contributed by atoms with Gasteiger partial charge < -0.3 is 4.74 Å². The van der Waals surface area contributed by atoms with Gasteiger partial charge in [0.25, 0.3) is 0 Å². The van der Waals surface area contributed by atoms with Crippen LogP contribution in [-0.4, -0.2) is 23.1 Å². The van der Waals surface area contributed by atoms with Crippen LogP contribution in [0.25, 0.3) is 0 Å². The third-order valence-electron chi connectivity index (χ3n) is 9.92. The summed E-state index contributed by atoms with van der Waals surface area (Å²) < 4.78 is 6.16. The SMILES string of the molecule is CCCCCC(=O)O[C@@]1(C(C)=O)CC[C@@H]2C3CCC4=CC(=O)CC[C@@]4(C)[C@@H]3CC[C@]21C. The maximum absolute atomic E-state index is 13.1. The van der Waals surface area contributed by atoms with Gasteiger partial charge in [-0.25, -0.2) is 0 Å². The van der Waals surface area contributed by atoms with Crippen LogP contribution >= 0.6 is 0 Å². The number of allylic oxidation sites excluding steroid dienone is 1. The van der Waals surface area contributed by atoms with Gasteiger partial charge >= 0.3 is 5.97 Å². The molecule has 0 aromatic heterocycles. The van der Waals surface area contributed by atoms with Crippen LogP contribution in [-0.2, 0) is 19.1 Å². The van der Waals surface area contributed by atoms with Crippen LogP contribution in [0.2, 0.25) is 0 Å². The average molecular weight is 429 g/mol. The van der Waals surface area contributed by atoms with Crippen LogP contribution in [0, 0.1) is 28.6 Å². The van der Waals surface area contributed by atoms with Gasteiger partial charge in [0.15, 0.2) is 17.2 Å². The number of unbranched alkanes of at least 4 members (excludes halogenated alkanes) is 2. The lowest BCUT2D eigenvalue weighted by Crippen LogP contribution is -2.58. The molecule has 0 aliphatic heterocycles. The van der Waals surface area contributed by atoms with Gasteiger partial charge in [0.1, 0.15) is 0 Å². The maximum atomic E-state index is 13.1. The summed E-state index contributed by atoms with van der Waals surface area (Å²) in [5.41, 5.74) is 0.261. The summed E-state index contributed by atoms with van der Waals surface area (Å²) >= 11 is 0. The summed E-state index contributed by atoms with van der Waals surface area (Å²) in [6, 6.07) is 0. The van der Waals surface area contributed by atoms with Gasteiger partial charge in [-0.15, -0.1) is 0 Å². The Labute approximate surface area is 187 Å². The lowest BCUT2D eigenvalue weighted by Gasteiger charge is -2.59. The van der Waals surface area contributed by atoms with Crippen molar-refractivity contribution in [3.05, 3.63) is 11.6 Å². The van der Waals surface area contributed by atoms with E-state index in [0.717, 1.165) is 57.8 Å². The third kappa shape index (κ3) is 3.43. The molecule has 0 heterocycles. The van der Waals surface area contributed by atoms with E-state index in [4.69, 9.17) is 4.74 Å². The molecule has 6 atom stereocenters. The van der Waals surface area contributed by atoms with E-state index in [2.05, 4.69) is 20.8 Å². The molecule has 0 saturated heterocycles. The van der Waals surface area contributed by atoms with Crippen LogP contribution < -0.4 is 0 Å². The summed E-state index contributed by atoms with van der Waals surface area (Å²) in [4.78, 5) is 37.8. The van der Waals surface area contributed by atoms with Gasteiger partial charge in [0.05, 0.1) is 0 Å². The molecule has 0 aromatic carbocycles. The molecule has 1 unspecified atom stereocenters. The molecule has 4 nitrogen and oxygen atoms in total. The Morgan fingerprint density at radius 1 is 1.03 bits per heavy atom. The summed E-state index contributed by atoms with van der Waals surface area (Å²) in [6.45, 7) is 8.37. The van der Waals surface area contributed by atoms with Gasteiger partial charge in [-0.05, 0) is 87.5 Å². The average Bonchev–Trinajstić information content (AvgIpc) is 3.02. The molecule has 172 valence electrons. The first-order chi connectivity index (χ1) is 14.7. The fraction of sp³-hybridized carbons (Fsp3) is 0.815. The predicted octanol–water partition coefficient (Wildman–Crippen LogP) is 5.97. The molecule has 4 rings (SSSR count). The first-order valence-electron chi connectivity index (χ1n) is 12.6. The Morgan fingerprint density at radius 3 is 2.48 bits per heavy atom. The van der Waals surface area contributed by atoms with E-state index in [1.54, 1.807) is 6.92 Å². The number of ketones is 2. The molecule has 4 aliphatic rings. The third-order valence-corrected chi connectivity index (χ3v) is 9.92. The molecule has 3 saturated carbocycles. The minimum Gasteiger partial charge on any atom is -0.450 e. The Balaban J connectivity index is 1.59. The van der Waals surface area contributed by atoms with Gasteiger partial charge in [-0.3, -0.25) is 14.4 Å². The number of Topliss-reactive ketones (excluding diaryl/α,β-unsaturated/α-hetero) is 1. The highest BCUT2D eigenvalue weighted by Gasteiger charge is 2.67. The van der Waals surface area contributed by atoms with Crippen LogP contribution in [0.4, 0.5) is 0 Å². The summed E-state index contributed by atoms with van der Waals surface area (Å²) in [6.07, 6.45) is 12.6. The lowest BCUT2D eigenvalue weighted by atomic mass is 9.46. The zero-order valence-corrected chi connectivity index (χ0v) is 19.9.